The Bertz CT molecular complexity index is 388. The topological polar surface area (TPSA) is 61.6 Å². The summed E-state index contributed by atoms with van der Waals surface area (Å²) >= 11 is 0. The quantitative estimate of drug-likeness (QED) is 0.796. The predicted molar refractivity (Wildman–Crippen MR) is 69.0 cm³/mol. The van der Waals surface area contributed by atoms with Gasteiger partial charge < -0.3 is 14.8 Å². The summed E-state index contributed by atoms with van der Waals surface area (Å²) in [7, 11) is -0.556. The van der Waals surface area contributed by atoms with Gasteiger partial charge in [0.05, 0.1) is 0 Å². The first kappa shape index (κ1) is 14.4. The highest BCUT2D eigenvalue weighted by Gasteiger charge is 2.45. The van der Waals surface area contributed by atoms with E-state index in [-0.39, 0.29) is 0 Å². The van der Waals surface area contributed by atoms with Crippen molar-refractivity contribution in [2.75, 3.05) is 14.2 Å². The van der Waals surface area contributed by atoms with Crippen LogP contribution in [0.25, 0.3) is 0 Å². The Morgan fingerprint density at radius 1 is 1.24 bits per heavy atom. The lowest BCUT2D eigenvalue weighted by molar-refractivity contribution is 0.241. The summed E-state index contributed by atoms with van der Waals surface area (Å²) < 4.78 is 22.5. The van der Waals surface area contributed by atoms with E-state index < -0.39 is 12.9 Å². The van der Waals surface area contributed by atoms with Gasteiger partial charge in [0.1, 0.15) is 5.28 Å². The van der Waals surface area contributed by atoms with Crippen molar-refractivity contribution in [3.63, 3.8) is 0 Å². The number of hydrogen-bond donors (Lipinski definition) is 1. The first-order valence-electron chi connectivity index (χ1n) is 5.55. The average molecular weight is 257 g/mol. The van der Waals surface area contributed by atoms with Crippen LogP contribution >= 0.6 is 7.60 Å². The molecule has 0 aliphatic heterocycles. The van der Waals surface area contributed by atoms with Crippen LogP contribution in [0.1, 0.15) is 18.9 Å². The van der Waals surface area contributed by atoms with Gasteiger partial charge in [-0.15, -0.1) is 0 Å². The van der Waals surface area contributed by atoms with Gasteiger partial charge in [-0.3, -0.25) is 4.57 Å². The molecule has 17 heavy (non-hydrogen) atoms. The maximum absolute atomic E-state index is 12.4. The summed E-state index contributed by atoms with van der Waals surface area (Å²) in [6.45, 7) is 1.88. The Balaban J connectivity index is 3.01. The molecule has 1 unspecified atom stereocenters. The molecule has 0 aromatic heterocycles. The largest absolute Gasteiger partial charge is 0.350 e. The first-order valence-corrected chi connectivity index (χ1v) is 7.10. The zero-order valence-corrected chi connectivity index (χ0v) is 11.4. The fraction of sp³-hybridized carbons (Fsp3) is 0.500. The molecule has 1 atom stereocenters. The van der Waals surface area contributed by atoms with Crippen molar-refractivity contribution in [3.05, 3.63) is 35.9 Å². The summed E-state index contributed by atoms with van der Waals surface area (Å²) in [5, 5.41) is -0.988. The van der Waals surface area contributed by atoms with Gasteiger partial charge in [-0.25, -0.2) is 0 Å². The van der Waals surface area contributed by atoms with Gasteiger partial charge in [0.25, 0.3) is 0 Å². The third kappa shape index (κ3) is 2.96. The third-order valence-corrected chi connectivity index (χ3v) is 5.52. The molecule has 0 radical (unpaired) electrons. The van der Waals surface area contributed by atoms with Crippen molar-refractivity contribution in [1.82, 2.24) is 0 Å². The second-order valence-corrected chi connectivity index (χ2v) is 6.60. The second kappa shape index (κ2) is 5.78. The van der Waals surface area contributed by atoms with Crippen LogP contribution in [0, 0.1) is 0 Å². The van der Waals surface area contributed by atoms with E-state index in [0.29, 0.717) is 12.8 Å². The highest BCUT2D eigenvalue weighted by molar-refractivity contribution is 7.55. The van der Waals surface area contributed by atoms with E-state index in [4.69, 9.17) is 14.8 Å². The Hall–Kier alpha value is -0.670. The van der Waals surface area contributed by atoms with Crippen molar-refractivity contribution in [2.45, 2.75) is 25.0 Å². The summed E-state index contributed by atoms with van der Waals surface area (Å²) in [4.78, 5) is 0. The molecule has 1 aromatic carbocycles. The molecule has 0 heterocycles. The van der Waals surface area contributed by atoms with Gasteiger partial charge in [0.15, 0.2) is 0 Å². The van der Waals surface area contributed by atoms with E-state index in [1.165, 1.54) is 14.2 Å². The molecular formula is C12H20NO3P. The summed E-state index contributed by atoms with van der Waals surface area (Å²) in [6, 6.07) is 9.69. The molecule has 0 saturated heterocycles. The molecule has 0 aliphatic carbocycles. The van der Waals surface area contributed by atoms with E-state index in [9.17, 15) is 4.57 Å². The van der Waals surface area contributed by atoms with Crippen molar-refractivity contribution in [3.8, 4) is 0 Å². The van der Waals surface area contributed by atoms with Crippen molar-refractivity contribution in [1.29, 1.82) is 0 Å². The van der Waals surface area contributed by atoms with Gasteiger partial charge in [-0.2, -0.15) is 0 Å². The maximum Gasteiger partial charge on any atom is 0.350 e. The zero-order valence-electron chi connectivity index (χ0n) is 10.6. The minimum Gasteiger partial charge on any atom is -0.315 e. The number of hydrogen-bond acceptors (Lipinski definition) is 4. The molecule has 1 rings (SSSR count). The van der Waals surface area contributed by atoms with Crippen LogP contribution in [0.2, 0.25) is 0 Å². The molecule has 0 aliphatic rings. The minimum absolute atomic E-state index is 0.462. The summed E-state index contributed by atoms with van der Waals surface area (Å²) in [5.41, 5.74) is 7.24. The standard InChI is InChI=1S/C12H20NO3P/c1-4-12(13,17(14,15-2)16-3)10-11-8-6-5-7-9-11/h5-9H,4,10,13H2,1-3H3. The molecule has 0 saturated carbocycles. The lowest BCUT2D eigenvalue weighted by Crippen LogP contribution is -2.42. The highest BCUT2D eigenvalue weighted by Crippen LogP contribution is 2.58. The molecule has 5 heteroatoms. The molecule has 0 fully saturated rings. The minimum atomic E-state index is -3.29. The van der Waals surface area contributed by atoms with E-state index in [1.807, 2.05) is 37.3 Å². The fourth-order valence-corrected chi connectivity index (χ4v) is 3.44. The van der Waals surface area contributed by atoms with Gasteiger partial charge in [-0.1, -0.05) is 37.3 Å². The normalized spacial score (nSPS) is 15.5. The van der Waals surface area contributed by atoms with Crippen molar-refractivity contribution < 1.29 is 13.6 Å². The first-order chi connectivity index (χ1) is 8.01. The predicted octanol–water partition coefficient (Wildman–Crippen LogP) is 2.78. The molecule has 0 bridgehead atoms. The molecular weight excluding hydrogens is 237 g/mol. The Kier molecular flexibility index (Phi) is 4.90. The molecule has 0 spiro atoms. The van der Waals surface area contributed by atoms with Crippen LogP contribution in [-0.4, -0.2) is 19.5 Å². The molecule has 1 aromatic rings. The van der Waals surface area contributed by atoms with Crippen LogP contribution in [0.15, 0.2) is 30.3 Å². The Morgan fingerprint density at radius 3 is 2.18 bits per heavy atom. The number of benzene rings is 1. The second-order valence-electron chi connectivity index (χ2n) is 3.98. The van der Waals surface area contributed by atoms with Crippen LogP contribution in [0.4, 0.5) is 0 Å². The van der Waals surface area contributed by atoms with Crippen LogP contribution < -0.4 is 5.73 Å². The third-order valence-electron chi connectivity index (χ3n) is 2.99. The van der Waals surface area contributed by atoms with Gasteiger partial charge >= 0.3 is 7.60 Å². The fourth-order valence-electron chi connectivity index (χ4n) is 1.80. The summed E-state index contributed by atoms with van der Waals surface area (Å²) in [5.74, 6) is 0. The Morgan fingerprint density at radius 2 is 1.76 bits per heavy atom. The number of nitrogens with two attached hydrogens (primary N) is 1. The van der Waals surface area contributed by atoms with E-state index in [0.717, 1.165) is 5.56 Å². The monoisotopic (exact) mass is 257 g/mol. The van der Waals surface area contributed by atoms with E-state index in [2.05, 4.69) is 0 Å². The van der Waals surface area contributed by atoms with Gasteiger partial charge in [0, 0.05) is 20.6 Å². The molecule has 96 valence electrons. The van der Waals surface area contributed by atoms with Crippen molar-refractivity contribution >= 4 is 7.60 Å². The van der Waals surface area contributed by atoms with Crippen LogP contribution in [0.5, 0.6) is 0 Å². The Labute approximate surface area is 103 Å². The van der Waals surface area contributed by atoms with Gasteiger partial charge in [-0.05, 0) is 12.0 Å². The molecule has 4 nitrogen and oxygen atoms in total. The van der Waals surface area contributed by atoms with Gasteiger partial charge in [0.2, 0.25) is 0 Å². The number of rotatable bonds is 6. The van der Waals surface area contributed by atoms with Crippen molar-refractivity contribution in [2.24, 2.45) is 5.73 Å². The van der Waals surface area contributed by atoms with E-state index >= 15 is 0 Å². The lowest BCUT2D eigenvalue weighted by atomic mass is 10.0. The SMILES string of the molecule is CCC(N)(Cc1ccccc1)P(=O)(OC)OC. The zero-order chi connectivity index (χ0) is 12.9. The smallest absolute Gasteiger partial charge is 0.315 e. The maximum atomic E-state index is 12.4. The highest BCUT2D eigenvalue weighted by atomic mass is 31.2. The lowest BCUT2D eigenvalue weighted by Gasteiger charge is -2.33. The average Bonchev–Trinajstić information content (AvgIpc) is 2.38. The summed E-state index contributed by atoms with van der Waals surface area (Å²) in [6.07, 6.45) is 0.976. The van der Waals surface area contributed by atoms with E-state index in [1.54, 1.807) is 0 Å². The molecule has 2 N–H and O–H groups in total. The van der Waals surface area contributed by atoms with Crippen LogP contribution in [0.3, 0.4) is 0 Å². The molecule has 0 amide bonds. The van der Waals surface area contributed by atoms with Crippen LogP contribution in [-0.2, 0) is 20.0 Å².